The zero-order valence-corrected chi connectivity index (χ0v) is 7.97. The van der Waals surface area contributed by atoms with E-state index in [0.717, 1.165) is 0 Å². The molecule has 1 aliphatic rings. The maximum absolute atomic E-state index is 13.8. The fraction of sp³-hybridized carbons (Fsp3) is 0.167. The number of halogens is 1. The van der Waals surface area contributed by atoms with E-state index in [1.807, 2.05) is 0 Å². The third-order valence-corrected chi connectivity index (χ3v) is 2.41. The maximum atomic E-state index is 13.8. The highest BCUT2D eigenvalue weighted by atomic mass is 19.2. The number of aliphatic hydroxyl groups is 2. The van der Waals surface area contributed by atoms with Crippen molar-refractivity contribution >= 4 is 5.57 Å². The van der Waals surface area contributed by atoms with Gasteiger partial charge in [0.25, 0.3) is 5.85 Å². The van der Waals surface area contributed by atoms with Gasteiger partial charge in [-0.15, -0.1) is 0 Å². The zero-order chi connectivity index (χ0) is 10.9. The molecule has 0 aliphatic heterocycles. The van der Waals surface area contributed by atoms with Gasteiger partial charge in [-0.05, 0) is 5.56 Å². The molecule has 2 rings (SSSR count). The van der Waals surface area contributed by atoms with Crippen LogP contribution in [0.15, 0.2) is 48.6 Å². The van der Waals surface area contributed by atoms with Crippen molar-refractivity contribution < 1.29 is 14.6 Å². The Hall–Kier alpha value is -1.45. The summed E-state index contributed by atoms with van der Waals surface area (Å²) >= 11 is 0. The SMILES string of the molecule is OC1C=CC=C(c2ccccc2)C1(O)F. The lowest BCUT2D eigenvalue weighted by Crippen LogP contribution is -2.39. The molecule has 0 saturated heterocycles. The molecule has 0 spiro atoms. The van der Waals surface area contributed by atoms with E-state index in [0.29, 0.717) is 5.56 Å². The molecule has 1 aliphatic carbocycles. The molecule has 0 saturated carbocycles. The van der Waals surface area contributed by atoms with Crippen molar-refractivity contribution in [1.29, 1.82) is 0 Å². The number of allylic oxidation sites excluding steroid dienone is 2. The Bertz CT molecular complexity index is 407. The van der Waals surface area contributed by atoms with Crippen molar-refractivity contribution in [3.8, 4) is 0 Å². The van der Waals surface area contributed by atoms with Crippen LogP contribution in [0, 0.1) is 0 Å². The second-order valence-corrected chi connectivity index (χ2v) is 3.45. The largest absolute Gasteiger partial charge is 0.383 e. The molecule has 0 radical (unpaired) electrons. The Labute approximate surface area is 87.0 Å². The smallest absolute Gasteiger partial charge is 0.263 e. The lowest BCUT2D eigenvalue weighted by atomic mass is 9.91. The van der Waals surface area contributed by atoms with E-state index < -0.39 is 12.0 Å². The van der Waals surface area contributed by atoms with E-state index in [4.69, 9.17) is 0 Å². The number of benzene rings is 1. The van der Waals surface area contributed by atoms with Crippen LogP contribution in [0.1, 0.15) is 5.56 Å². The van der Waals surface area contributed by atoms with Crippen molar-refractivity contribution in [2.24, 2.45) is 0 Å². The fourth-order valence-corrected chi connectivity index (χ4v) is 1.58. The van der Waals surface area contributed by atoms with E-state index >= 15 is 0 Å². The van der Waals surface area contributed by atoms with Gasteiger partial charge in [0.15, 0.2) is 0 Å². The van der Waals surface area contributed by atoms with E-state index in [1.165, 1.54) is 18.2 Å². The predicted molar refractivity (Wildman–Crippen MR) is 55.6 cm³/mol. The summed E-state index contributed by atoms with van der Waals surface area (Å²) in [7, 11) is 0. The van der Waals surface area contributed by atoms with Crippen LogP contribution in [0.2, 0.25) is 0 Å². The highest BCUT2D eigenvalue weighted by Gasteiger charge is 2.40. The third kappa shape index (κ3) is 1.71. The number of rotatable bonds is 1. The monoisotopic (exact) mass is 206 g/mol. The first-order valence-electron chi connectivity index (χ1n) is 4.66. The summed E-state index contributed by atoms with van der Waals surface area (Å²) in [6.45, 7) is 0. The van der Waals surface area contributed by atoms with E-state index in [9.17, 15) is 14.6 Å². The van der Waals surface area contributed by atoms with Crippen molar-refractivity contribution in [2.75, 3.05) is 0 Å². The molecule has 0 bridgehead atoms. The minimum atomic E-state index is -2.71. The van der Waals surface area contributed by atoms with Crippen molar-refractivity contribution in [1.82, 2.24) is 0 Å². The zero-order valence-electron chi connectivity index (χ0n) is 7.97. The Balaban J connectivity index is 2.45. The summed E-state index contributed by atoms with van der Waals surface area (Å²) in [4.78, 5) is 0. The molecule has 2 atom stereocenters. The molecule has 0 heterocycles. The summed E-state index contributed by atoms with van der Waals surface area (Å²) < 4.78 is 13.8. The molecule has 78 valence electrons. The lowest BCUT2D eigenvalue weighted by molar-refractivity contribution is -0.105. The van der Waals surface area contributed by atoms with Crippen LogP contribution in [0.25, 0.3) is 5.57 Å². The molecule has 1 aromatic carbocycles. The van der Waals surface area contributed by atoms with E-state index in [1.54, 1.807) is 30.3 Å². The first-order chi connectivity index (χ1) is 7.12. The normalized spacial score (nSPS) is 30.1. The molecule has 0 amide bonds. The molecule has 2 nitrogen and oxygen atoms in total. The van der Waals surface area contributed by atoms with Crippen molar-refractivity contribution in [2.45, 2.75) is 12.0 Å². The summed E-state index contributed by atoms with van der Waals surface area (Å²) in [5, 5.41) is 18.8. The molecule has 15 heavy (non-hydrogen) atoms. The number of hydrogen-bond donors (Lipinski definition) is 2. The van der Waals surface area contributed by atoms with E-state index in [-0.39, 0.29) is 5.57 Å². The second kappa shape index (κ2) is 3.61. The average Bonchev–Trinajstić information content (AvgIpc) is 2.23. The van der Waals surface area contributed by atoms with Crippen LogP contribution in [0.5, 0.6) is 0 Å². The standard InChI is InChI=1S/C12H11FO2/c13-12(15)10(7-4-8-11(12)14)9-5-2-1-3-6-9/h1-8,11,14-15H. The highest BCUT2D eigenvalue weighted by Crippen LogP contribution is 2.34. The van der Waals surface area contributed by atoms with Crippen LogP contribution >= 0.6 is 0 Å². The second-order valence-electron chi connectivity index (χ2n) is 3.45. The Morgan fingerprint density at radius 3 is 2.53 bits per heavy atom. The van der Waals surface area contributed by atoms with Gasteiger partial charge in [0.1, 0.15) is 6.10 Å². The van der Waals surface area contributed by atoms with Crippen molar-refractivity contribution in [3.05, 3.63) is 54.1 Å². The number of alkyl halides is 1. The third-order valence-electron chi connectivity index (χ3n) is 2.41. The van der Waals surface area contributed by atoms with Gasteiger partial charge in [0.05, 0.1) is 0 Å². The maximum Gasteiger partial charge on any atom is 0.263 e. The molecule has 3 heteroatoms. The molecular formula is C12H11FO2. The van der Waals surface area contributed by atoms with Crippen LogP contribution in [0.4, 0.5) is 4.39 Å². The minimum Gasteiger partial charge on any atom is -0.383 e. The van der Waals surface area contributed by atoms with Gasteiger partial charge in [-0.25, -0.2) is 4.39 Å². The summed E-state index contributed by atoms with van der Waals surface area (Å²) in [5.74, 6) is -2.71. The van der Waals surface area contributed by atoms with Crippen molar-refractivity contribution in [3.63, 3.8) is 0 Å². The molecular weight excluding hydrogens is 195 g/mol. The fourth-order valence-electron chi connectivity index (χ4n) is 1.58. The van der Waals surface area contributed by atoms with Crippen LogP contribution in [-0.4, -0.2) is 22.2 Å². The first kappa shape index (κ1) is 10.1. The first-order valence-corrected chi connectivity index (χ1v) is 4.66. The Kier molecular flexibility index (Phi) is 2.42. The number of hydrogen-bond acceptors (Lipinski definition) is 2. The Morgan fingerprint density at radius 1 is 1.20 bits per heavy atom. The lowest BCUT2D eigenvalue weighted by Gasteiger charge is -2.28. The van der Waals surface area contributed by atoms with E-state index in [2.05, 4.69) is 0 Å². The summed E-state index contributed by atoms with van der Waals surface area (Å²) in [5.41, 5.74) is 0.643. The van der Waals surface area contributed by atoms with Crippen LogP contribution in [-0.2, 0) is 0 Å². The number of aliphatic hydroxyl groups excluding tert-OH is 1. The van der Waals surface area contributed by atoms with Crippen LogP contribution < -0.4 is 0 Å². The van der Waals surface area contributed by atoms with Crippen LogP contribution in [0.3, 0.4) is 0 Å². The summed E-state index contributed by atoms with van der Waals surface area (Å²) in [6, 6.07) is 8.66. The molecule has 2 unspecified atom stereocenters. The van der Waals surface area contributed by atoms with Gasteiger partial charge >= 0.3 is 0 Å². The molecule has 0 fully saturated rings. The molecule has 0 aromatic heterocycles. The van der Waals surface area contributed by atoms with Gasteiger partial charge in [0, 0.05) is 5.57 Å². The van der Waals surface area contributed by atoms with Gasteiger partial charge in [-0.1, -0.05) is 48.6 Å². The van der Waals surface area contributed by atoms with Gasteiger partial charge in [-0.2, -0.15) is 0 Å². The minimum absolute atomic E-state index is 0.0816. The van der Waals surface area contributed by atoms with Gasteiger partial charge in [0.2, 0.25) is 0 Å². The highest BCUT2D eigenvalue weighted by molar-refractivity contribution is 5.74. The van der Waals surface area contributed by atoms with Gasteiger partial charge in [-0.3, -0.25) is 0 Å². The summed E-state index contributed by atoms with van der Waals surface area (Å²) in [6.07, 6.45) is 2.69. The quantitative estimate of drug-likeness (QED) is 0.733. The predicted octanol–water partition coefficient (Wildman–Crippen LogP) is 1.66. The topological polar surface area (TPSA) is 40.5 Å². The molecule has 2 N–H and O–H groups in total. The molecule has 1 aromatic rings. The Morgan fingerprint density at radius 2 is 1.87 bits per heavy atom. The van der Waals surface area contributed by atoms with Gasteiger partial charge < -0.3 is 10.2 Å². The average molecular weight is 206 g/mol.